The van der Waals surface area contributed by atoms with E-state index in [0.29, 0.717) is 11.5 Å². The fourth-order valence-corrected chi connectivity index (χ4v) is 4.08. The molecule has 140 valence electrons. The van der Waals surface area contributed by atoms with Crippen LogP contribution in [0.3, 0.4) is 0 Å². The largest absolute Gasteiger partial charge is 0.365 e. The standard InChI is InChI=1S/C20H30N6/c1-13-14(10-25(5)24-13)17-6-7-18(23-22-17)21-19-15-11-26(12-16(15)19)9-8-20(2,3)4/h6-7,10,15-16,19H,8-9,11-12H2,1-5H3,(H,21,23)/t15-,16+,19-. The monoisotopic (exact) mass is 354 g/mol. The van der Waals surface area contributed by atoms with Crippen molar-refractivity contribution in [3.05, 3.63) is 24.0 Å². The third-order valence-electron chi connectivity index (χ3n) is 5.72. The quantitative estimate of drug-likeness (QED) is 0.894. The first-order valence-electron chi connectivity index (χ1n) is 9.63. The van der Waals surface area contributed by atoms with Crippen molar-refractivity contribution in [1.82, 2.24) is 24.9 Å². The molecule has 1 aliphatic carbocycles. The molecule has 4 rings (SSSR count). The summed E-state index contributed by atoms with van der Waals surface area (Å²) in [5.41, 5.74) is 3.33. The van der Waals surface area contributed by atoms with Crippen molar-refractivity contribution in [1.29, 1.82) is 0 Å². The van der Waals surface area contributed by atoms with Crippen molar-refractivity contribution in [2.24, 2.45) is 24.3 Å². The van der Waals surface area contributed by atoms with Crippen molar-refractivity contribution in [3.63, 3.8) is 0 Å². The Morgan fingerprint density at radius 3 is 2.42 bits per heavy atom. The average Bonchev–Trinajstić information content (AvgIpc) is 2.92. The van der Waals surface area contributed by atoms with E-state index in [1.165, 1.54) is 26.1 Å². The minimum absolute atomic E-state index is 0.425. The second-order valence-electron chi connectivity index (χ2n) is 9.17. The molecule has 3 atom stereocenters. The van der Waals surface area contributed by atoms with E-state index >= 15 is 0 Å². The number of nitrogens with one attached hydrogen (secondary N) is 1. The summed E-state index contributed by atoms with van der Waals surface area (Å²) in [6.07, 6.45) is 3.26. The molecule has 3 heterocycles. The predicted octanol–water partition coefficient (Wildman–Crippen LogP) is 2.96. The third-order valence-corrected chi connectivity index (χ3v) is 5.72. The molecule has 2 aliphatic rings. The van der Waals surface area contributed by atoms with Crippen LogP contribution in [0.4, 0.5) is 5.82 Å². The van der Waals surface area contributed by atoms with Gasteiger partial charge in [0.05, 0.1) is 11.4 Å². The van der Waals surface area contributed by atoms with Crippen LogP contribution in [-0.4, -0.2) is 50.6 Å². The Balaban J connectivity index is 1.30. The molecule has 26 heavy (non-hydrogen) atoms. The number of anilines is 1. The highest BCUT2D eigenvalue weighted by atomic mass is 15.3. The van der Waals surface area contributed by atoms with Crippen LogP contribution in [0.1, 0.15) is 32.9 Å². The summed E-state index contributed by atoms with van der Waals surface area (Å²) < 4.78 is 1.81. The van der Waals surface area contributed by atoms with Gasteiger partial charge in [-0.25, -0.2) is 0 Å². The van der Waals surface area contributed by atoms with Gasteiger partial charge in [0.1, 0.15) is 5.82 Å². The highest BCUT2D eigenvalue weighted by Gasteiger charge is 2.55. The van der Waals surface area contributed by atoms with Gasteiger partial charge in [-0.05, 0) is 49.3 Å². The Kier molecular flexibility index (Phi) is 4.26. The maximum absolute atomic E-state index is 4.39. The molecule has 1 saturated heterocycles. The summed E-state index contributed by atoms with van der Waals surface area (Å²) >= 11 is 0. The Labute approximate surface area is 156 Å². The molecule has 0 spiro atoms. The summed E-state index contributed by atoms with van der Waals surface area (Å²) in [6.45, 7) is 12.6. The number of aromatic nitrogens is 4. The molecule has 0 amide bonds. The van der Waals surface area contributed by atoms with Gasteiger partial charge in [-0.15, -0.1) is 10.2 Å². The fourth-order valence-electron chi connectivity index (χ4n) is 4.08. The lowest BCUT2D eigenvalue weighted by Crippen LogP contribution is -2.30. The van der Waals surface area contributed by atoms with Crippen molar-refractivity contribution in [3.8, 4) is 11.3 Å². The van der Waals surface area contributed by atoms with Crippen molar-refractivity contribution in [2.45, 2.75) is 40.2 Å². The Morgan fingerprint density at radius 1 is 1.15 bits per heavy atom. The predicted molar refractivity (Wildman–Crippen MR) is 104 cm³/mol. The van der Waals surface area contributed by atoms with Crippen LogP contribution in [0.2, 0.25) is 0 Å². The van der Waals surface area contributed by atoms with Crippen LogP contribution in [0.25, 0.3) is 11.3 Å². The summed E-state index contributed by atoms with van der Waals surface area (Å²) in [6, 6.07) is 4.65. The van der Waals surface area contributed by atoms with Crippen LogP contribution < -0.4 is 5.32 Å². The molecule has 0 aromatic carbocycles. The Bertz CT molecular complexity index is 761. The number of nitrogens with zero attached hydrogens (tertiary/aromatic N) is 5. The zero-order valence-corrected chi connectivity index (χ0v) is 16.5. The average molecular weight is 355 g/mol. The molecule has 2 aromatic rings. The van der Waals surface area contributed by atoms with E-state index in [4.69, 9.17) is 0 Å². The van der Waals surface area contributed by atoms with E-state index in [2.05, 4.69) is 46.3 Å². The van der Waals surface area contributed by atoms with Crippen LogP contribution in [0, 0.1) is 24.2 Å². The minimum atomic E-state index is 0.425. The van der Waals surface area contributed by atoms with Crippen LogP contribution in [0.15, 0.2) is 18.3 Å². The minimum Gasteiger partial charge on any atom is -0.365 e. The zero-order valence-electron chi connectivity index (χ0n) is 16.5. The maximum Gasteiger partial charge on any atom is 0.148 e. The molecule has 0 unspecified atom stereocenters. The fraction of sp³-hybridized carbons (Fsp3) is 0.650. The third kappa shape index (κ3) is 3.61. The van der Waals surface area contributed by atoms with E-state index in [1.807, 2.05) is 37.0 Å². The maximum atomic E-state index is 4.39. The first-order valence-corrected chi connectivity index (χ1v) is 9.63. The molecule has 2 fully saturated rings. The molecule has 0 radical (unpaired) electrons. The topological polar surface area (TPSA) is 58.9 Å². The number of piperidine rings is 1. The lowest BCUT2D eigenvalue weighted by molar-refractivity contribution is 0.245. The first kappa shape index (κ1) is 17.5. The highest BCUT2D eigenvalue weighted by molar-refractivity contribution is 5.61. The molecular weight excluding hydrogens is 324 g/mol. The van der Waals surface area contributed by atoms with Crippen molar-refractivity contribution < 1.29 is 0 Å². The number of likely N-dealkylation sites (tertiary alicyclic amines) is 1. The molecular formula is C20H30N6. The SMILES string of the molecule is Cc1nn(C)cc1-c1ccc(N[C@@H]2[C@@H]3CN(CCC(C)(C)C)C[C@@H]32)nn1. The summed E-state index contributed by atoms with van der Waals surface area (Å²) in [7, 11) is 1.93. The van der Waals surface area contributed by atoms with E-state index < -0.39 is 0 Å². The normalized spacial score (nSPS) is 25.3. The summed E-state index contributed by atoms with van der Waals surface area (Å²) in [4.78, 5) is 2.62. The van der Waals surface area contributed by atoms with E-state index in [0.717, 1.165) is 34.6 Å². The Morgan fingerprint density at radius 2 is 1.88 bits per heavy atom. The molecule has 6 heteroatoms. The molecule has 1 aliphatic heterocycles. The molecule has 0 bridgehead atoms. The number of aryl methyl sites for hydroxylation is 2. The van der Waals surface area contributed by atoms with Gasteiger partial charge in [0.2, 0.25) is 0 Å². The van der Waals surface area contributed by atoms with Gasteiger partial charge in [-0.2, -0.15) is 5.10 Å². The summed E-state index contributed by atoms with van der Waals surface area (Å²) in [5, 5.41) is 16.7. The van der Waals surface area contributed by atoms with Gasteiger partial charge in [-0.3, -0.25) is 4.68 Å². The number of fused-ring (bicyclic) bond motifs is 1. The lowest BCUT2D eigenvalue weighted by Gasteiger charge is -2.25. The molecule has 6 nitrogen and oxygen atoms in total. The molecule has 2 aromatic heterocycles. The van der Waals surface area contributed by atoms with Gasteiger partial charge >= 0.3 is 0 Å². The van der Waals surface area contributed by atoms with Gasteiger partial charge in [-0.1, -0.05) is 20.8 Å². The first-order chi connectivity index (χ1) is 12.3. The second kappa shape index (κ2) is 6.34. The van der Waals surface area contributed by atoms with Gasteiger partial charge in [0, 0.05) is 37.9 Å². The van der Waals surface area contributed by atoms with E-state index in [1.54, 1.807) is 0 Å². The smallest absolute Gasteiger partial charge is 0.148 e. The Hall–Kier alpha value is -1.95. The molecule has 1 N–H and O–H groups in total. The number of hydrogen-bond donors (Lipinski definition) is 1. The van der Waals surface area contributed by atoms with Crippen LogP contribution >= 0.6 is 0 Å². The van der Waals surface area contributed by atoms with Gasteiger partial charge in [0.15, 0.2) is 0 Å². The van der Waals surface area contributed by atoms with E-state index in [9.17, 15) is 0 Å². The van der Waals surface area contributed by atoms with Crippen molar-refractivity contribution >= 4 is 5.82 Å². The lowest BCUT2D eigenvalue weighted by atomic mass is 9.92. The zero-order chi connectivity index (χ0) is 18.5. The molecule has 1 saturated carbocycles. The number of rotatable bonds is 5. The van der Waals surface area contributed by atoms with E-state index in [-0.39, 0.29) is 0 Å². The van der Waals surface area contributed by atoms with Gasteiger partial charge in [0.25, 0.3) is 0 Å². The second-order valence-corrected chi connectivity index (χ2v) is 9.17. The summed E-state index contributed by atoms with van der Waals surface area (Å²) in [5.74, 6) is 2.44. The van der Waals surface area contributed by atoms with Crippen LogP contribution in [-0.2, 0) is 7.05 Å². The van der Waals surface area contributed by atoms with Crippen molar-refractivity contribution in [2.75, 3.05) is 25.0 Å². The number of hydrogen-bond acceptors (Lipinski definition) is 5. The highest BCUT2D eigenvalue weighted by Crippen LogP contribution is 2.47. The van der Waals surface area contributed by atoms with Crippen LogP contribution in [0.5, 0.6) is 0 Å². The van der Waals surface area contributed by atoms with Gasteiger partial charge < -0.3 is 10.2 Å².